The number of nitrogens with zero attached hydrogens (tertiary/aromatic N) is 2. The highest BCUT2D eigenvalue weighted by molar-refractivity contribution is 7.99. The molecule has 1 aliphatic heterocycles. The average molecular weight is 345 g/mol. The summed E-state index contributed by atoms with van der Waals surface area (Å²) in [5.41, 5.74) is 0.958. The zero-order valence-electron chi connectivity index (χ0n) is 13.4. The third-order valence-corrected chi connectivity index (χ3v) is 5.06. The van der Waals surface area contributed by atoms with E-state index in [-0.39, 0.29) is 23.9 Å². The lowest BCUT2D eigenvalue weighted by molar-refractivity contribution is -0.121. The zero-order valence-corrected chi connectivity index (χ0v) is 14.2. The molecule has 0 saturated carbocycles. The zero-order chi connectivity index (χ0) is 16.9. The molecule has 0 fully saturated rings. The van der Waals surface area contributed by atoms with Crippen molar-refractivity contribution in [3.63, 3.8) is 0 Å². The molecule has 3 rings (SSSR count). The van der Waals surface area contributed by atoms with Crippen molar-refractivity contribution < 1.29 is 9.53 Å². The van der Waals surface area contributed by atoms with Gasteiger partial charge >= 0.3 is 0 Å². The van der Waals surface area contributed by atoms with Crippen molar-refractivity contribution in [1.29, 1.82) is 0 Å². The number of hydrogen-bond donors (Lipinski definition) is 1. The Morgan fingerprint density at radius 1 is 1.42 bits per heavy atom. The van der Waals surface area contributed by atoms with Crippen molar-refractivity contribution in [3.05, 3.63) is 52.4 Å². The maximum absolute atomic E-state index is 12.2. The summed E-state index contributed by atoms with van der Waals surface area (Å²) in [5.74, 6) is 1.47. The van der Waals surface area contributed by atoms with Crippen molar-refractivity contribution in [2.75, 3.05) is 19.4 Å². The van der Waals surface area contributed by atoms with E-state index in [2.05, 4.69) is 10.3 Å². The van der Waals surface area contributed by atoms with Gasteiger partial charge in [0.15, 0.2) is 5.16 Å². The Labute approximate surface area is 144 Å². The summed E-state index contributed by atoms with van der Waals surface area (Å²) < 4.78 is 6.92. The van der Waals surface area contributed by atoms with Crippen LogP contribution in [-0.2, 0) is 11.2 Å². The Kier molecular flexibility index (Phi) is 5.20. The van der Waals surface area contributed by atoms with E-state index in [0.717, 1.165) is 11.3 Å². The lowest BCUT2D eigenvalue weighted by atomic mass is 10.1. The van der Waals surface area contributed by atoms with Crippen LogP contribution in [-0.4, -0.2) is 34.9 Å². The van der Waals surface area contributed by atoms with Crippen LogP contribution in [0.25, 0.3) is 0 Å². The minimum Gasteiger partial charge on any atom is -0.496 e. The summed E-state index contributed by atoms with van der Waals surface area (Å²) in [6.45, 7) is 0.536. The van der Waals surface area contributed by atoms with Crippen molar-refractivity contribution in [2.24, 2.45) is 0 Å². The first-order valence-corrected chi connectivity index (χ1v) is 8.76. The Hall–Kier alpha value is -2.28. The highest BCUT2D eigenvalue weighted by Crippen LogP contribution is 2.31. The molecule has 24 heavy (non-hydrogen) atoms. The number of carbonyl (C=O) groups is 1. The number of benzene rings is 1. The first kappa shape index (κ1) is 16.6. The van der Waals surface area contributed by atoms with Gasteiger partial charge < -0.3 is 10.1 Å². The minimum atomic E-state index is -0.127. The van der Waals surface area contributed by atoms with Crippen LogP contribution in [0.1, 0.15) is 18.0 Å². The number of thioether (sulfide) groups is 1. The molecule has 1 aromatic heterocycles. The average Bonchev–Trinajstić information content (AvgIpc) is 2.99. The fraction of sp³-hybridized carbons (Fsp3) is 0.353. The van der Waals surface area contributed by atoms with Gasteiger partial charge in [-0.05, 0) is 18.1 Å². The first-order valence-electron chi connectivity index (χ1n) is 7.78. The van der Waals surface area contributed by atoms with Gasteiger partial charge in [-0.2, -0.15) is 0 Å². The molecule has 0 spiro atoms. The number of aromatic nitrogens is 2. The van der Waals surface area contributed by atoms with Crippen LogP contribution >= 0.6 is 11.8 Å². The number of ether oxygens (including phenoxy) is 1. The molecule has 1 atom stereocenters. The van der Waals surface area contributed by atoms with Crippen molar-refractivity contribution in [2.45, 2.75) is 24.0 Å². The topological polar surface area (TPSA) is 73.2 Å². The van der Waals surface area contributed by atoms with E-state index in [1.165, 1.54) is 24.0 Å². The smallest absolute Gasteiger partial charge is 0.254 e. The van der Waals surface area contributed by atoms with Crippen LogP contribution in [0.2, 0.25) is 0 Å². The second kappa shape index (κ2) is 7.53. The van der Waals surface area contributed by atoms with Crippen LogP contribution in [0.3, 0.4) is 0 Å². The third kappa shape index (κ3) is 3.62. The number of fused-ring (bicyclic) bond motifs is 1. The van der Waals surface area contributed by atoms with Gasteiger partial charge in [0.2, 0.25) is 5.91 Å². The maximum Gasteiger partial charge on any atom is 0.254 e. The maximum atomic E-state index is 12.2. The molecule has 1 aliphatic rings. The largest absolute Gasteiger partial charge is 0.496 e. The van der Waals surface area contributed by atoms with Gasteiger partial charge in [0.05, 0.1) is 13.2 Å². The first-order chi connectivity index (χ1) is 11.7. The van der Waals surface area contributed by atoms with Gasteiger partial charge in [-0.25, -0.2) is 4.98 Å². The monoisotopic (exact) mass is 345 g/mol. The van der Waals surface area contributed by atoms with Gasteiger partial charge in [0.1, 0.15) is 5.75 Å². The molecular weight excluding hydrogens is 326 g/mol. The standard InChI is InChI=1S/C17H19N3O3S/c1-23-14-5-3-2-4-12(14)6-8-18-15(21)10-13-11-24-17-19-9-7-16(22)20(13)17/h2-5,7,9,13H,6,8,10-11H2,1H3,(H,18,21)/t13-/m1/s1. The summed E-state index contributed by atoms with van der Waals surface area (Å²) in [5, 5.41) is 3.61. The summed E-state index contributed by atoms with van der Waals surface area (Å²) in [7, 11) is 1.64. The third-order valence-electron chi connectivity index (χ3n) is 3.95. The molecule has 6 nitrogen and oxygen atoms in total. The molecule has 7 heteroatoms. The summed E-state index contributed by atoms with van der Waals surface area (Å²) >= 11 is 1.51. The van der Waals surface area contributed by atoms with E-state index >= 15 is 0 Å². The SMILES string of the molecule is COc1ccccc1CCNC(=O)C[C@@H]1CSc2nccc(=O)n21. The number of methoxy groups -OCH3 is 1. The van der Waals surface area contributed by atoms with Gasteiger partial charge in [-0.15, -0.1) is 0 Å². The molecule has 1 aromatic carbocycles. The van der Waals surface area contributed by atoms with E-state index in [0.29, 0.717) is 23.9 Å². The van der Waals surface area contributed by atoms with Crippen LogP contribution in [0.15, 0.2) is 46.5 Å². The quantitative estimate of drug-likeness (QED) is 0.806. The summed E-state index contributed by atoms with van der Waals surface area (Å²) in [6.07, 6.45) is 2.50. The number of rotatable bonds is 6. The Morgan fingerprint density at radius 3 is 3.08 bits per heavy atom. The molecule has 0 unspecified atom stereocenters. The second-order valence-corrected chi connectivity index (χ2v) is 6.50. The summed E-state index contributed by atoms with van der Waals surface area (Å²) in [4.78, 5) is 28.3. The number of nitrogens with one attached hydrogen (secondary N) is 1. The highest BCUT2D eigenvalue weighted by Gasteiger charge is 2.26. The predicted octanol–water partition coefficient (Wildman–Crippen LogP) is 1.65. The van der Waals surface area contributed by atoms with Gasteiger partial charge in [0, 0.05) is 31.0 Å². The lowest BCUT2D eigenvalue weighted by Crippen LogP contribution is -2.31. The van der Waals surface area contributed by atoms with Gasteiger partial charge in [0.25, 0.3) is 5.56 Å². The number of hydrogen-bond acceptors (Lipinski definition) is 5. The van der Waals surface area contributed by atoms with E-state index in [9.17, 15) is 9.59 Å². The van der Waals surface area contributed by atoms with E-state index < -0.39 is 0 Å². The number of para-hydroxylation sites is 1. The molecule has 2 aromatic rings. The molecular formula is C17H19N3O3S. The van der Waals surface area contributed by atoms with Gasteiger partial charge in [-0.3, -0.25) is 14.2 Å². The molecule has 2 heterocycles. The Morgan fingerprint density at radius 2 is 2.25 bits per heavy atom. The van der Waals surface area contributed by atoms with Crippen molar-refractivity contribution in [3.8, 4) is 5.75 Å². The second-order valence-electron chi connectivity index (χ2n) is 5.52. The lowest BCUT2D eigenvalue weighted by Gasteiger charge is -2.13. The van der Waals surface area contributed by atoms with Crippen LogP contribution in [0.5, 0.6) is 5.75 Å². The van der Waals surface area contributed by atoms with E-state index in [1.807, 2.05) is 24.3 Å². The molecule has 126 valence electrons. The highest BCUT2D eigenvalue weighted by atomic mass is 32.2. The summed E-state index contributed by atoms with van der Waals surface area (Å²) in [6, 6.07) is 9.07. The fourth-order valence-corrected chi connectivity index (χ4v) is 3.89. The van der Waals surface area contributed by atoms with E-state index in [4.69, 9.17) is 4.74 Å². The Bertz CT molecular complexity index is 791. The van der Waals surface area contributed by atoms with Gasteiger partial charge in [-0.1, -0.05) is 30.0 Å². The van der Waals surface area contributed by atoms with Crippen molar-refractivity contribution >= 4 is 17.7 Å². The number of amides is 1. The van der Waals surface area contributed by atoms with Crippen molar-refractivity contribution in [1.82, 2.24) is 14.9 Å². The van der Waals surface area contributed by atoms with E-state index in [1.54, 1.807) is 11.7 Å². The number of carbonyl (C=O) groups excluding carboxylic acids is 1. The molecule has 0 radical (unpaired) electrons. The molecule has 0 bridgehead atoms. The molecule has 1 N–H and O–H groups in total. The van der Waals surface area contributed by atoms with Crippen LogP contribution < -0.4 is 15.6 Å². The molecule has 0 aliphatic carbocycles. The fourth-order valence-electron chi connectivity index (χ4n) is 2.77. The van der Waals surface area contributed by atoms with Crippen LogP contribution in [0.4, 0.5) is 0 Å². The minimum absolute atomic E-state index is 0.0564. The predicted molar refractivity (Wildman–Crippen MR) is 92.6 cm³/mol. The Balaban J connectivity index is 1.54. The molecule has 1 amide bonds. The van der Waals surface area contributed by atoms with Crippen LogP contribution in [0, 0.1) is 0 Å². The molecule has 0 saturated heterocycles. The normalized spacial score (nSPS) is 15.8.